The van der Waals surface area contributed by atoms with Crippen LogP contribution in [0.15, 0.2) is 28.7 Å². The molecule has 2 N–H and O–H groups in total. The summed E-state index contributed by atoms with van der Waals surface area (Å²) >= 11 is 3.24. The minimum Gasteiger partial charge on any atom is -0.507 e. The zero-order valence-electron chi connectivity index (χ0n) is 14.1. The fraction of sp³-hybridized carbons (Fsp3) is 0.300. The van der Waals surface area contributed by atoms with Gasteiger partial charge in [0, 0.05) is 34.4 Å². The maximum absolute atomic E-state index is 13.1. The number of rotatable bonds is 3. The Bertz CT molecular complexity index is 936. The quantitative estimate of drug-likeness (QED) is 0.745. The Balaban J connectivity index is 1.87. The van der Waals surface area contributed by atoms with Crippen molar-refractivity contribution in [1.29, 1.82) is 0 Å². The number of ketones is 1. The van der Waals surface area contributed by atoms with Gasteiger partial charge >= 0.3 is 5.97 Å². The number of phenolic OH excluding ortho intramolecular Hbond substituents is 1. The number of nitrogens with zero attached hydrogens (tertiary/aromatic N) is 1. The predicted octanol–water partition coefficient (Wildman–Crippen LogP) is 3.78. The van der Waals surface area contributed by atoms with Crippen LogP contribution in [0, 0.1) is 0 Å². The maximum Gasteiger partial charge on any atom is 0.336 e. The molecule has 0 aliphatic carbocycles. The van der Waals surface area contributed by atoms with Crippen LogP contribution in [0.1, 0.15) is 50.2 Å². The third-order valence-corrected chi connectivity index (χ3v) is 5.69. The number of hydrogen-bond donors (Lipinski definition) is 2. The molecule has 2 aromatic rings. The van der Waals surface area contributed by atoms with E-state index in [-0.39, 0.29) is 22.4 Å². The Hall–Kier alpha value is -2.34. The van der Waals surface area contributed by atoms with Gasteiger partial charge in [-0.25, -0.2) is 4.79 Å². The van der Waals surface area contributed by atoms with Gasteiger partial charge in [0.2, 0.25) is 0 Å². The molecule has 0 aromatic heterocycles. The third-order valence-electron chi connectivity index (χ3n) is 5.20. The highest BCUT2D eigenvalue weighted by atomic mass is 79.9. The van der Waals surface area contributed by atoms with Gasteiger partial charge in [0.05, 0.1) is 11.1 Å². The first kappa shape index (κ1) is 17.1. The van der Waals surface area contributed by atoms with E-state index in [4.69, 9.17) is 0 Å². The second-order valence-electron chi connectivity index (χ2n) is 6.78. The van der Waals surface area contributed by atoms with Crippen LogP contribution in [0.4, 0.5) is 5.69 Å². The number of benzene rings is 2. The summed E-state index contributed by atoms with van der Waals surface area (Å²) < 4.78 is 0.590. The molecule has 0 saturated heterocycles. The zero-order valence-corrected chi connectivity index (χ0v) is 15.7. The number of halogens is 1. The first-order valence-electron chi connectivity index (χ1n) is 8.67. The van der Waals surface area contributed by atoms with E-state index in [1.807, 2.05) is 0 Å². The van der Waals surface area contributed by atoms with Crippen LogP contribution in [-0.2, 0) is 12.8 Å². The number of carboxylic acid groups (broad SMARTS) is 1. The first-order valence-corrected chi connectivity index (χ1v) is 9.47. The van der Waals surface area contributed by atoms with Gasteiger partial charge in [-0.15, -0.1) is 0 Å². The molecule has 4 rings (SSSR count). The average Bonchev–Trinajstić information content (AvgIpc) is 2.64. The molecule has 6 heteroatoms. The van der Waals surface area contributed by atoms with Gasteiger partial charge in [0.25, 0.3) is 0 Å². The molecule has 2 aliphatic rings. The molecular formula is C20H18BrNO4. The van der Waals surface area contributed by atoms with Crippen LogP contribution < -0.4 is 4.90 Å². The Morgan fingerprint density at radius 2 is 1.73 bits per heavy atom. The lowest BCUT2D eigenvalue weighted by Gasteiger charge is -2.37. The number of hydrogen-bond acceptors (Lipinski definition) is 4. The maximum atomic E-state index is 13.1. The largest absolute Gasteiger partial charge is 0.507 e. The minimum atomic E-state index is -1.17. The summed E-state index contributed by atoms with van der Waals surface area (Å²) in [6.07, 6.45) is 3.56. The molecule has 2 aliphatic heterocycles. The number of anilines is 1. The number of aromatic hydroxyl groups is 1. The van der Waals surface area contributed by atoms with E-state index in [1.165, 1.54) is 12.1 Å². The summed E-state index contributed by atoms with van der Waals surface area (Å²) in [6.45, 7) is 1.95. The zero-order chi connectivity index (χ0) is 18.4. The van der Waals surface area contributed by atoms with Gasteiger partial charge in [-0.05, 0) is 55.5 Å². The summed E-state index contributed by atoms with van der Waals surface area (Å²) in [5, 5.41) is 20.3. The molecule has 0 unspecified atom stereocenters. The fourth-order valence-electron chi connectivity index (χ4n) is 4.05. The van der Waals surface area contributed by atoms with Crippen LogP contribution in [0.5, 0.6) is 5.75 Å². The van der Waals surface area contributed by atoms with Gasteiger partial charge in [-0.2, -0.15) is 0 Å². The number of carboxylic acids is 1. The van der Waals surface area contributed by atoms with Crippen molar-refractivity contribution in [1.82, 2.24) is 0 Å². The number of phenols is 1. The second kappa shape index (κ2) is 6.43. The highest BCUT2D eigenvalue weighted by molar-refractivity contribution is 9.10. The van der Waals surface area contributed by atoms with Gasteiger partial charge in [0.15, 0.2) is 5.78 Å². The van der Waals surface area contributed by atoms with Crippen molar-refractivity contribution in [3.63, 3.8) is 0 Å². The van der Waals surface area contributed by atoms with Crippen molar-refractivity contribution in [3.8, 4) is 5.75 Å². The monoisotopic (exact) mass is 415 g/mol. The van der Waals surface area contributed by atoms with Gasteiger partial charge < -0.3 is 15.1 Å². The van der Waals surface area contributed by atoms with Gasteiger partial charge in [0.1, 0.15) is 5.75 Å². The van der Waals surface area contributed by atoms with Crippen LogP contribution in [-0.4, -0.2) is 35.1 Å². The summed E-state index contributed by atoms with van der Waals surface area (Å²) in [7, 11) is 0. The minimum absolute atomic E-state index is 0.000363. The molecule has 0 fully saturated rings. The predicted molar refractivity (Wildman–Crippen MR) is 101 cm³/mol. The normalized spacial score (nSPS) is 15.5. The Labute approximate surface area is 159 Å². The highest BCUT2D eigenvalue weighted by Gasteiger charge is 2.30. The summed E-state index contributed by atoms with van der Waals surface area (Å²) in [5.74, 6) is -1.62. The number of carbonyl (C=O) groups is 2. The van der Waals surface area contributed by atoms with Crippen molar-refractivity contribution in [2.45, 2.75) is 25.7 Å². The summed E-state index contributed by atoms with van der Waals surface area (Å²) in [6, 6.07) is 6.30. The topological polar surface area (TPSA) is 77.8 Å². The molecule has 0 amide bonds. The average molecular weight is 416 g/mol. The standard InChI is InChI=1S/C20H18BrNO4/c21-12-5-6-13(15(10-12)20(25)26)18(23)16-9-11-3-1-7-22-8-2-4-14(17(11)22)19(16)24/h5-6,9-10,24H,1-4,7-8H2,(H,25,26). The fourth-order valence-corrected chi connectivity index (χ4v) is 4.41. The van der Waals surface area contributed by atoms with Crippen molar-refractivity contribution in [2.24, 2.45) is 0 Å². The molecule has 0 bridgehead atoms. The molecule has 2 heterocycles. The van der Waals surface area contributed by atoms with Crippen molar-refractivity contribution >= 4 is 33.4 Å². The molecule has 0 saturated carbocycles. The Kier molecular flexibility index (Phi) is 4.23. The number of aryl methyl sites for hydroxylation is 1. The number of aromatic carboxylic acids is 1. The van der Waals surface area contributed by atoms with E-state index in [0.29, 0.717) is 4.47 Å². The summed E-state index contributed by atoms with van der Waals surface area (Å²) in [4.78, 5) is 27.0. The highest BCUT2D eigenvalue weighted by Crippen LogP contribution is 2.42. The molecular weight excluding hydrogens is 398 g/mol. The molecule has 0 spiro atoms. The van der Waals surface area contributed by atoms with E-state index in [1.54, 1.807) is 12.1 Å². The lowest BCUT2D eigenvalue weighted by molar-refractivity contribution is 0.0692. The van der Waals surface area contributed by atoms with E-state index < -0.39 is 11.8 Å². The van der Waals surface area contributed by atoms with Gasteiger partial charge in [-0.1, -0.05) is 15.9 Å². The van der Waals surface area contributed by atoms with Crippen molar-refractivity contribution < 1.29 is 19.8 Å². The third kappa shape index (κ3) is 2.69. The first-order chi connectivity index (χ1) is 12.5. The number of carbonyl (C=O) groups excluding carboxylic acids is 1. The Morgan fingerprint density at radius 3 is 2.46 bits per heavy atom. The van der Waals surface area contributed by atoms with Crippen LogP contribution in [0.2, 0.25) is 0 Å². The van der Waals surface area contributed by atoms with E-state index in [9.17, 15) is 19.8 Å². The molecule has 2 aromatic carbocycles. The Morgan fingerprint density at radius 1 is 1.00 bits per heavy atom. The molecule has 0 radical (unpaired) electrons. The smallest absolute Gasteiger partial charge is 0.336 e. The van der Waals surface area contributed by atoms with Crippen LogP contribution in [0.3, 0.4) is 0 Å². The van der Waals surface area contributed by atoms with Crippen molar-refractivity contribution in [2.75, 3.05) is 18.0 Å². The lowest BCUT2D eigenvalue weighted by Crippen LogP contribution is -2.34. The second-order valence-corrected chi connectivity index (χ2v) is 7.69. The summed E-state index contributed by atoms with van der Waals surface area (Å²) in [5.41, 5.74) is 3.19. The van der Waals surface area contributed by atoms with E-state index >= 15 is 0 Å². The lowest BCUT2D eigenvalue weighted by atomic mass is 9.86. The van der Waals surface area contributed by atoms with E-state index in [2.05, 4.69) is 20.8 Å². The molecule has 134 valence electrons. The molecule has 5 nitrogen and oxygen atoms in total. The SMILES string of the molecule is O=C(O)c1cc(Br)ccc1C(=O)c1cc2c3c(c1O)CCCN3CCC2. The van der Waals surface area contributed by atoms with Crippen molar-refractivity contribution in [3.05, 3.63) is 56.6 Å². The molecule has 26 heavy (non-hydrogen) atoms. The van der Waals surface area contributed by atoms with Gasteiger partial charge in [-0.3, -0.25) is 4.79 Å². The molecule has 0 atom stereocenters. The van der Waals surface area contributed by atoms with Crippen LogP contribution in [0.25, 0.3) is 0 Å². The van der Waals surface area contributed by atoms with E-state index in [0.717, 1.165) is 55.6 Å². The van der Waals surface area contributed by atoms with Crippen LogP contribution >= 0.6 is 15.9 Å².